The number of fused-ring (bicyclic) bond motifs is 2. The summed E-state index contributed by atoms with van der Waals surface area (Å²) >= 11 is 6.57. The first kappa shape index (κ1) is 25.2. The number of nitrogens with one attached hydrogen (secondary N) is 1. The van der Waals surface area contributed by atoms with Crippen LogP contribution in [-0.4, -0.2) is 44.4 Å². The second-order valence-corrected chi connectivity index (χ2v) is 10.4. The normalized spacial score (nSPS) is 23.9. The first-order chi connectivity index (χ1) is 18.8. The largest absolute Gasteiger partial charge is 0.496 e. The van der Waals surface area contributed by atoms with Gasteiger partial charge in [0.05, 0.1) is 21.3 Å². The maximum absolute atomic E-state index is 14.6. The van der Waals surface area contributed by atoms with Crippen LogP contribution in [0.15, 0.2) is 53.7 Å². The van der Waals surface area contributed by atoms with Crippen LogP contribution in [0, 0.1) is 5.92 Å². The van der Waals surface area contributed by atoms with Gasteiger partial charge in [0.25, 0.3) is 0 Å². The van der Waals surface area contributed by atoms with Gasteiger partial charge in [-0.25, -0.2) is 0 Å². The number of allylic oxidation sites excluding steroid dienone is 1. The van der Waals surface area contributed by atoms with Crippen LogP contribution in [0.4, 0.5) is 0 Å². The van der Waals surface area contributed by atoms with Gasteiger partial charge >= 0.3 is 0 Å². The van der Waals surface area contributed by atoms with E-state index in [1.165, 1.54) is 20.3 Å². The topological polar surface area (TPSA) is 100 Å². The molecule has 6 rings (SSSR count). The van der Waals surface area contributed by atoms with Crippen molar-refractivity contribution in [2.45, 2.75) is 31.3 Å². The van der Waals surface area contributed by atoms with Crippen LogP contribution in [0.5, 0.6) is 23.0 Å². The van der Waals surface area contributed by atoms with Crippen molar-refractivity contribution in [3.8, 4) is 23.0 Å². The van der Waals surface area contributed by atoms with E-state index in [0.29, 0.717) is 17.0 Å². The van der Waals surface area contributed by atoms with Crippen molar-refractivity contribution in [1.82, 2.24) is 5.32 Å². The third kappa shape index (κ3) is 3.40. The molecule has 1 aliphatic carbocycles. The molecule has 2 aliphatic heterocycles. The van der Waals surface area contributed by atoms with Gasteiger partial charge in [-0.1, -0.05) is 48.9 Å². The first-order valence-electron chi connectivity index (χ1n) is 12.6. The highest BCUT2D eigenvalue weighted by molar-refractivity contribution is 6.36. The molecule has 200 valence electrons. The van der Waals surface area contributed by atoms with Crippen molar-refractivity contribution in [3.05, 3.63) is 69.9 Å². The van der Waals surface area contributed by atoms with Gasteiger partial charge in [-0.05, 0) is 23.4 Å². The Morgan fingerprint density at radius 1 is 0.897 bits per heavy atom. The van der Waals surface area contributed by atoms with E-state index in [1.54, 1.807) is 14.0 Å². The predicted molar refractivity (Wildman–Crippen MR) is 144 cm³/mol. The smallest absolute Gasteiger partial charge is 0.236 e. The number of carbonyl (C=O) groups is 3. The van der Waals surface area contributed by atoms with Gasteiger partial charge in [0.1, 0.15) is 27.8 Å². The lowest BCUT2D eigenvalue weighted by molar-refractivity contribution is -0.131. The Balaban J connectivity index is 1.54. The molecular weight excluding hydrogens is 522 g/mol. The SMILES string of the molecule is COc1cc(OC)c2c(c1Cl)O[C@@]1(C(=O)C3=C(C[C@H]1C)NC(=O)CC3c1ccc(OC)c3ccccc13)C2=O. The molecule has 1 amide bonds. The molecule has 3 aromatic rings. The summed E-state index contributed by atoms with van der Waals surface area (Å²) in [5, 5.41) is 4.72. The molecule has 1 unspecified atom stereocenters. The summed E-state index contributed by atoms with van der Waals surface area (Å²) in [4.78, 5) is 41.6. The number of carbonyl (C=O) groups excluding carboxylic acids is 3. The van der Waals surface area contributed by atoms with Crippen LogP contribution in [0.2, 0.25) is 5.02 Å². The van der Waals surface area contributed by atoms with Crippen LogP contribution in [0.25, 0.3) is 10.8 Å². The lowest BCUT2D eigenvalue weighted by Crippen LogP contribution is -2.59. The number of hydrogen-bond donors (Lipinski definition) is 1. The minimum absolute atomic E-state index is 0.0460. The molecule has 0 radical (unpaired) electrons. The molecule has 39 heavy (non-hydrogen) atoms. The summed E-state index contributed by atoms with van der Waals surface area (Å²) in [6.07, 6.45) is 0.304. The summed E-state index contributed by atoms with van der Waals surface area (Å²) in [5.74, 6) is -1.15. The number of ether oxygens (including phenoxy) is 4. The average Bonchev–Trinajstić information content (AvgIpc) is 3.25. The summed E-state index contributed by atoms with van der Waals surface area (Å²) in [7, 11) is 4.47. The lowest BCUT2D eigenvalue weighted by atomic mass is 9.66. The van der Waals surface area contributed by atoms with Crippen LogP contribution in [-0.2, 0) is 9.59 Å². The van der Waals surface area contributed by atoms with Crippen molar-refractivity contribution in [2.75, 3.05) is 21.3 Å². The number of benzene rings is 3. The maximum atomic E-state index is 14.6. The third-order valence-corrected chi connectivity index (χ3v) is 8.43. The van der Waals surface area contributed by atoms with Gasteiger partial charge < -0.3 is 24.3 Å². The first-order valence-corrected chi connectivity index (χ1v) is 13.0. The van der Waals surface area contributed by atoms with Crippen molar-refractivity contribution >= 4 is 39.8 Å². The van der Waals surface area contributed by atoms with Gasteiger partial charge in [-0.15, -0.1) is 0 Å². The molecule has 3 aromatic carbocycles. The highest BCUT2D eigenvalue weighted by Gasteiger charge is 2.63. The van der Waals surface area contributed by atoms with Crippen molar-refractivity contribution in [1.29, 1.82) is 0 Å². The van der Waals surface area contributed by atoms with Crippen molar-refractivity contribution < 1.29 is 33.3 Å². The van der Waals surface area contributed by atoms with E-state index in [-0.39, 0.29) is 46.6 Å². The minimum atomic E-state index is -1.85. The van der Waals surface area contributed by atoms with E-state index in [9.17, 15) is 14.4 Å². The Bertz CT molecular complexity index is 1630. The fourth-order valence-corrected chi connectivity index (χ4v) is 6.50. The molecule has 0 saturated heterocycles. The second-order valence-electron chi connectivity index (χ2n) is 10.0. The average molecular weight is 548 g/mol. The minimum Gasteiger partial charge on any atom is -0.496 e. The van der Waals surface area contributed by atoms with Gasteiger partial charge in [0.15, 0.2) is 5.75 Å². The summed E-state index contributed by atoms with van der Waals surface area (Å²) in [6.45, 7) is 1.77. The molecule has 0 bridgehead atoms. The van der Waals surface area contributed by atoms with Gasteiger partial charge in [0, 0.05) is 41.0 Å². The fraction of sp³-hybridized carbons (Fsp3) is 0.300. The van der Waals surface area contributed by atoms with Crippen molar-refractivity contribution in [3.63, 3.8) is 0 Å². The molecule has 8 nitrogen and oxygen atoms in total. The Hall–Kier alpha value is -4.04. The Labute approximate surface area is 229 Å². The maximum Gasteiger partial charge on any atom is 0.236 e. The number of amides is 1. The van der Waals surface area contributed by atoms with Gasteiger partial charge in [0.2, 0.25) is 23.1 Å². The van der Waals surface area contributed by atoms with Crippen LogP contribution < -0.4 is 24.3 Å². The zero-order valence-corrected chi connectivity index (χ0v) is 22.6. The van der Waals surface area contributed by atoms with Crippen LogP contribution >= 0.6 is 11.6 Å². The highest BCUT2D eigenvalue weighted by atomic mass is 35.5. The summed E-state index contributed by atoms with van der Waals surface area (Å²) in [5.41, 5.74) is -0.0630. The zero-order chi connectivity index (χ0) is 27.6. The molecule has 0 fully saturated rings. The second kappa shape index (κ2) is 9.02. The van der Waals surface area contributed by atoms with Crippen molar-refractivity contribution in [2.24, 2.45) is 5.92 Å². The number of rotatable bonds is 4. The number of Topliss-reactive ketones (excluding diaryl/α,β-unsaturated/α-hetero) is 2. The fourth-order valence-electron chi connectivity index (χ4n) is 6.23. The number of halogens is 1. The molecule has 1 spiro atoms. The Morgan fingerprint density at radius 3 is 2.28 bits per heavy atom. The van der Waals surface area contributed by atoms with E-state index in [1.807, 2.05) is 36.4 Å². The summed E-state index contributed by atoms with van der Waals surface area (Å²) in [6, 6.07) is 12.9. The molecule has 2 heterocycles. The van der Waals surface area contributed by atoms with E-state index in [4.69, 9.17) is 30.5 Å². The monoisotopic (exact) mass is 547 g/mol. The third-order valence-electron chi connectivity index (χ3n) is 8.07. The highest BCUT2D eigenvalue weighted by Crippen LogP contribution is 2.55. The number of methoxy groups -OCH3 is 3. The number of hydrogen-bond acceptors (Lipinski definition) is 7. The Kier molecular flexibility index (Phi) is 5.84. The van der Waals surface area contributed by atoms with E-state index >= 15 is 0 Å². The van der Waals surface area contributed by atoms with Gasteiger partial charge in [-0.2, -0.15) is 0 Å². The van der Waals surface area contributed by atoms with Crippen LogP contribution in [0.3, 0.4) is 0 Å². The van der Waals surface area contributed by atoms with Gasteiger partial charge in [-0.3, -0.25) is 14.4 Å². The molecule has 3 atom stereocenters. The molecular formula is C30H26ClNO7. The quantitative estimate of drug-likeness (QED) is 0.459. The predicted octanol–water partition coefficient (Wildman–Crippen LogP) is 5.00. The van der Waals surface area contributed by atoms with Crippen LogP contribution in [0.1, 0.15) is 41.6 Å². The molecule has 1 N–H and O–H groups in total. The zero-order valence-electron chi connectivity index (χ0n) is 21.8. The summed E-state index contributed by atoms with van der Waals surface area (Å²) < 4.78 is 22.7. The standard InChI is InChI=1S/C30H26ClNO7/c1-14-11-19-24(18(12-23(33)32-19)16-9-10-20(36-2)17-8-6-5-7-15(16)17)28(34)30(14)29(35)25-21(37-3)13-22(38-4)26(31)27(25)39-30/h5-10,13-14,18H,11-12H2,1-4H3,(H,32,33)/t14-,18?,30+/m1/s1. The molecule has 9 heteroatoms. The molecule has 3 aliphatic rings. The molecule has 0 aromatic heterocycles. The van der Waals surface area contributed by atoms with E-state index < -0.39 is 29.0 Å². The number of ketones is 2. The van der Waals surface area contributed by atoms with E-state index in [0.717, 1.165) is 16.3 Å². The Morgan fingerprint density at radius 2 is 1.59 bits per heavy atom. The van der Waals surface area contributed by atoms with E-state index in [2.05, 4.69) is 5.32 Å². The molecule has 0 saturated carbocycles. The lowest BCUT2D eigenvalue weighted by Gasteiger charge is -2.41.